The highest BCUT2D eigenvalue weighted by Gasteiger charge is 2.20. The number of methoxy groups -OCH3 is 1. The number of rotatable bonds is 6. The van der Waals surface area contributed by atoms with Gasteiger partial charge in [-0.25, -0.2) is 14.4 Å². The Morgan fingerprint density at radius 1 is 1.12 bits per heavy atom. The van der Waals surface area contributed by atoms with Crippen molar-refractivity contribution in [1.29, 1.82) is 5.26 Å². The average molecular weight is 455 g/mol. The molecule has 1 aliphatic rings. The van der Waals surface area contributed by atoms with E-state index in [1.165, 1.54) is 31.2 Å². The number of aromatic nitrogens is 3. The second-order valence-electron chi connectivity index (χ2n) is 8.19. The Balaban J connectivity index is 1.59. The quantitative estimate of drug-likeness (QED) is 0.361. The van der Waals surface area contributed by atoms with Gasteiger partial charge in [-0.2, -0.15) is 5.26 Å². The number of ether oxygens (including phenoxy) is 2. The molecule has 0 N–H and O–H groups in total. The Morgan fingerprint density at radius 2 is 1.97 bits per heavy atom. The van der Waals surface area contributed by atoms with Gasteiger partial charge in [0.15, 0.2) is 11.5 Å². The van der Waals surface area contributed by atoms with Crippen LogP contribution in [0.2, 0.25) is 0 Å². The molecule has 6 nitrogen and oxygen atoms in total. The highest BCUT2D eigenvalue weighted by atomic mass is 19.1. The Kier molecular flexibility index (Phi) is 5.96. The fourth-order valence-electron chi connectivity index (χ4n) is 4.29. The van der Waals surface area contributed by atoms with Gasteiger partial charge in [0.2, 0.25) is 0 Å². The third-order valence-electron chi connectivity index (χ3n) is 5.98. The number of hydrogen-bond donors (Lipinski definition) is 0. The van der Waals surface area contributed by atoms with E-state index in [4.69, 9.17) is 19.7 Å². The largest absolute Gasteiger partial charge is 0.493 e. The minimum absolute atomic E-state index is 0.179. The van der Waals surface area contributed by atoms with Crippen molar-refractivity contribution in [2.24, 2.45) is 0 Å². The van der Waals surface area contributed by atoms with Gasteiger partial charge in [-0.15, -0.1) is 0 Å². The predicted molar refractivity (Wildman–Crippen MR) is 128 cm³/mol. The van der Waals surface area contributed by atoms with Crippen molar-refractivity contribution in [2.45, 2.75) is 31.8 Å². The summed E-state index contributed by atoms with van der Waals surface area (Å²) in [5, 5.41) is 9.11. The number of pyridine rings is 1. The molecule has 2 aromatic carbocycles. The molecule has 170 valence electrons. The molecule has 0 saturated heterocycles. The zero-order chi connectivity index (χ0) is 23.5. The molecule has 0 aliphatic heterocycles. The van der Waals surface area contributed by atoms with E-state index < -0.39 is 0 Å². The van der Waals surface area contributed by atoms with Gasteiger partial charge in [-0.05, 0) is 68.2 Å². The van der Waals surface area contributed by atoms with Gasteiger partial charge in [0.1, 0.15) is 23.5 Å². The normalized spacial score (nSPS) is 14.0. The molecule has 0 radical (unpaired) electrons. The Labute approximate surface area is 196 Å². The van der Waals surface area contributed by atoms with Gasteiger partial charge in [-0.3, -0.25) is 4.57 Å². The van der Waals surface area contributed by atoms with Gasteiger partial charge in [0.25, 0.3) is 0 Å². The molecule has 1 aliphatic carbocycles. The van der Waals surface area contributed by atoms with E-state index in [9.17, 15) is 4.39 Å². The van der Waals surface area contributed by atoms with Crippen LogP contribution in [-0.4, -0.2) is 27.7 Å². The summed E-state index contributed by atoms with van der Waals surface area (Å²) in [4.78, 5) is 9.10. The predicted octanol–water partition coefficient (Wildman–Crippen LogP) is 5.93. The number of para-hydroxylation sites is 1. The van der Waals surface area contributed by atoms with Crippen LogP contribution < -0.4 is 9.47 Å². The standard InChI is InChI=1S/C27H23FN4O2/c1-33-24-8-4-5-19(27(24)34-21-6-2-3-7-21)10-14-26-31-22-12-11-20(28)15-23(22)32(26)25-13-9-18(16-29)17-30-25/h4-5,8-15,17,21H,2-3,6-7H2,1H3. The van der Waals surface area contributed by atoms with Gasteiger partial charge in [0, 0.05) is 17.8 Å². The average Bonchev–Trinajstić information content (AvgIpc) is 3.50. The first kappa shape index (κ1) is 21.7. The van der Waals surface area contributed by atoms with Crippen molar-refractivity contribution in [1.82, 2.24) is 14.5 Å². The SMILES string of the molecule is COc1cccc(C=Cc2nc3ccc(F)cc3n2-c2ccc(C#N)cn2)c1OC1CCCC1. The Morgan fingerprint density at radius 3 is 2.71 bits per heavy atom. The van der Waals surface area contributed by atoms with Crippen LogP contribution in [-0.2, 0) is 0 Å². The zero-order valence-electron chi connectivity index (χ0n) is 18.7. The molecule has 7 heteroatoms. The number of benzene rings is 2. The van der Waals surface area contributed by atoms with Gasteiger partial charge < -0.3 is 9.47 Å². The van der Waals surface area contributed by atoms with E-state index in [-0.39, 0.29) is 11.9 Å². The molecule has 0 bridgehead atoms. The van der Waals surface area contributed by atoms with Crippen molar-refractivity contribution in [3.63, 3.8) is 0 Å². The summed E-state index contributed by atoms with van der Waals surface area (Å²) in [7, 11) is 1.63. The highest BCUT2D eigenvalue weighted by molar-refractivity contribution is 5.82. The fraction of sp³-hybridized carbons (Fsp3) is 0.222. The summed E-state index contributed by atoms with van der Waals surface area (Å²) in [5.41, 5.74) is 2.54. The van der Waals surface area contributed by atoms with Crippen LogP contribution in [0, 0.1) is 17.1 Å². The van der Waals surface area contributed by atoms with Crippen LogP contribution in [0.15, 0.2) is 54.7 Å². The lowest BCUT2D eigenvalue weighted by Gasteiger charge is -2.18. The number of hydrogen-bond acceptors (Lipinski definition) is 5. The summed E-state index contributed by atoms with van der Waals surface area (Å²) in [6.45, 7) is 0. The van der Waals surface area contributed by atoms with Crippen LogP contribution >= 0.6 is 0 Å². The van der Waals surface area contributed by atoms with Crippen molar-refractivity contribution >= 4 is 23.2 Å². The third-order valence-corrected chi connectivity index (χ3v) is 5.98. The molecule has 2 aromatic heterocycles. The van der Waals surface area contributed by atoms with E-state index in [0.29, 0.717) is 39.7 Å². The number of halogens is 1. The molecule has 4 aromatic rings. The summed E-state index contributed by atoms with van der Waals surface area (Å²) in [6, 6.07) is 15.7. The molecule has 2 heterocycles. The summed E-state index contributed by atoms with van der Waals surface area (Å²) in [6.07, 6.45) is 9.85. The van der Waals surface area contributed by atoms with E-state index in [0.717, 1.165) is 18.4 Å². The maximum atomic E-state index is 14.1. The molecular formula is C27H23FN4O2. The molecule has 5 rings (SSSR count). The molecule has 0 unspecified atom stereocenters. The fourth-order valence-corrected chi connectivity index (χ4v) is 4.29. The summed E-state index contributed by atoms with van der Waals surface area (Å²) >= 11 is 0. The van der Waals surface area contributed by atoms with Gasteiger partial charge in [0.05, 0.1) is 29.8 Å². The molecule has 0 spiro atoms. The first-order valence-electron chi connectivity index (χ1n) is 11.2. The van der Waals surface area contributed by atoms with Crippen LogP contribution in [0.4, 0.5) is 4.39 Å². The maximum Gasteiger partial charge on any atom is 0.168 e. The first-order valence-corrected chi connectivity index (χ1v) is 11.2. The number of nitriles is 1. The molecular weight excluding hydrogens is 431 g/mol. The van der Waals surface area contributed by atoms with Crippen LogP contribution in [0.25, 0.3) is 29.0 Å². The lowest BCUT2D eigenvalue weighted by atomic mass is 10.1. The lowest BCUT2D eigenvalue weighted by molar-refractivity contribution is 0.200. The minimum Gasteiger partial charge on any atom is -0.493 e. The minimum atomic E-state index is -0.363. The highest BCUT2D eigenvalue weighted by Crippen LogP contribution is 2.36. The van der Waals surface area contributed by atoms with E-state index in [1.54, 1.807) is 29.9 Å². The maximum absolute atomic E-state index is 14.1. The molecule has 0 atom stereocenters. The molecule has 1 fully saturated rings. The molecule has 34 heavy (non-hydrogen) atoms. The Bertz CT molecular complexity index is 1400. The second kappa shape index (κ2) is 9.36. The Hall–Kier alpha value is -4.18. The van der Waals surface area contributed by atoms with Crippen LogP contribution in [0.1, 0.15) is 42.6 Å². The zero-order valence-corrected chi connectivity index (χ0v) is 18.7. The smallest absolute Gasteiger partial charge is 0.168 e. The van der Waals surface area contributed by atoms with E-state index >= 15 is 0 Å². The number of fused-ring (bicyclic) bond motifs is 1. The monoisotopic (exact) mass is 454 g/mol. The summed E-state index contributed by atoms with van der Waals surface area (Å²) in [5.74, 6) is 2.14. The second-order valence-corrected chi connectivity index (χ2v) is 8.19. The first-order chi connectivity index (χ1) is 16.7. The topological polar surface area (TPSA) is 73.0 Å². The van der Waals surface area contributed by atoms with Gasteiger partial charge >= 0.3 is 0 Å². The van der Waals surface area contributed by atoms with Gasteiger partial charge in [-0.1, -0.05) is 12.1 Å². The van der Waals surface area contributed by atoms with E-state index in [2.05, 4.69) is 11.1 Å². The molecule has 0 amide bonds. The molecule has 1 saturated carbocycles. The third kappa shape index (κ3) is 4.23. The number of imidazole rings is 1. The van der Waals surface area contributed by atoms with Crippen molar-refractivity contribution in [3.8, 4) is 23.4 Å². The van der Waals surface area contributed by atoms with Crippen LogP contribution in [0.5, 0.6) is 11.5 Å². The van der Waals surface area contributed by atoms with E-state index in [1.807, 2.05) is 30.4 Å². The van der Waals surface area contributed by atoms with Crippen LogP contribution in [0.3, 0.4) is 0 Å². The van der Waals surface area contributed by atoms with Crippen molar-refractivity contribution in [2.75, 3.05) is 7.11 Å². The summed E-state index contributed by atoms with van der Waals surface area (Å²) < 4.78 is 27.8. The van der Waals surface area contributed by atoms with Crippen molar-refractivity contribution in [3.05, 3.63) is 77.5 Å². The van der Waals surface area contributed by atoms with Crippen molar-refractivity contribution < 1.29 is 13.9 Å². The number of nitrogens with zero attached hydrogens (tertiary/aromatic N) is 4. The lowest BCUT2D eigenvalue weighted by Crippen LogP contribution is -2.12.